The van der Waals surface area contributed by atoms with E-state index < -0.39 is 10.0 Å². The Morgan fingerprint density at radius 3 is 2.84 bits per heavy atom. The second-order valence-corrected chi connectivity index (χ2v) is 7.32. The number of hydrogen-bond donors (Lipinski definition) is 2. The van der Waals surface area contributed by atoms with Crippen LogP contribution in [0.4, 0.5) is 0 Å². The molecule has 0 aliphatic heterocycles. The van der Waals surface area contributed by atoms with Crippen molar-refractivity contribution in [2.75, 3.05) is 19.8 Å². The Bertz CT molecular complexity index is 468. The van der Waals surface area contributed by atoms with Crippen molar-refractivity contribution in [2.24, 2.45) is 5.92 Å². The summed E-state index contributed by atoms with van der Waals surface area (Å²) in [4.78, 5) is 0.631. The van der Waals surface area contributed by atoms with E-state index in [1.54, 1.807) is 5.38 Å². The van der Waals surface area contributed by atoms with Gasteiger partial charge in [-0.1, -0.05) is 13.8 Å². The molecule has 0 aliphatic carbocycles. The van der Waals surface area contributed by atoms with Crippen LogP contribution in [0.3, 0.4) is 0 Å². The molecule has 0 saturated carbocycles. The van der Waals surface area contributed by atoms with Crippen LogP contribution >= 0.6 is 11.3 Å². The van der Waals surface area contributed by atoms with E-state index in [4.69, 9.17) is 9.84 Å². The first kappa shape index (κ1) is 16.6. The van der Waals surface area contributed by atoms with E-state index >= 15 is 0 Å². The highest BCUT2D eigenvalue weighted by Gasteiger charge is 2.18. The van der Waals surface area contributed by atoms with Gasteiger partial charge in [0.25, 0.3) is 0 Å². The minimum Gasteiger partial charge on any atom is -0.391 e. The van der Waals surface area contributed by atoms with Crippen molar-refractivity contribution in [3.8, 4) is 0 Å². The van der Waals surface area contributed by atoms with Crippen molar-refractivity contribution in [1.29, 1.82) is 0 Å². The van der Waals surface area contributed by atoms with Crippen molar-refractivity contribution in [1.82, 2.24) is 4.72 Å². The average Bonchev–Trinajstić information content (AvgIpc) is 2.82. The Morgan fingerprint density at radius 2 is 2.21 bits per heavy atom. The van der Waals surface area contributed by atoms with Crippen molar-refractivity contribution >= 4 is 21.4 Å². The number of ether oxygens (including phenoxy) is 1. The van der Waals surface area contributed by atoms with Gasteiger partial charge >= 0.3 is 0 Å². The molecule has 0 aliphatic rings. The van der Waals surface area contributed by atoms with Crippen LogP contribution in [-0.2, 0) is 21.4 Å². The van der Waals surface area contributed by atoms with Crippen molar-refractivity contribution in [2.45, 2.75) is 31.8 Å². The van der Waals surface area contributed by atoms with Crippen LogP contribution in [0.2, 0.25) is 0 Å². The third-order valence-electron chi connectivity index (χ3n) is 2.35. The molecule has 0 spiro atoms. The monoisotopic (exact) mass is 307 g/mol. The normalized spacial score (nSPS) is 12.2. The van der Waals surface area contributed by atoms with Crippen LogP contribution < -0.4 is 4.72 Å². The van der Waals surface area contributed by atoms with Gasteiger partial charge in [-0.05, 0) is 23.8 Å². The number of aliphatic hydroxyl groups excluding tert-OH is 1. The first-order chi connectivity index (χ1) is 8.97. The second kappa shape index (κ2) is 7.96. The highest BCUT2D eigenvalue weighted by molar-refractivity contribution is 7.89. The standard InChI is InChI=1S/C12H21NO4S2/c1-10(2)9-17-6-3-5-13-19(15,16)12-4-7-18-11(12)8-14/h4,7,10,13-14H,3,5-6,8-9H2,1-2H3. The third-order valence-corrected chi connectivity index (χ3v) is 4.93. The third kappa shape index (κ3) is 5.58. The highest BCUT2D eigenvalue weighted by Crippen LogP contribution is 2.21. The average molecular weight is 307 g/mol. The van der Waals surface area contributed by atoms with Crippen LogP contribution in [0.25, 0.3) is 0 Å². The fourth-order valence-corrected chi connectivity index (χ4v) is 3.83. The molecule has 1 heterocycles. The molecule has 1 aromatic heterocycles. The van der Waals surface area contributed by atoms with Crippen LogP contribution in [0.5, 0.6) is 0 Å². The lowest BCUT2D eigenvalue weighted by molar-refractivity contribution is 0.108. The fourth-order valence-electron chi connectivity index (χ4n) is 1.46. The Labute approximate surface area is 118 Å². The maximum absolute atomic E-state index is 12.0. The van der Waals surface area contributed by atoms with Crippen LogP contribution in [0.15, 0.2) is 16.3 Å². The van der Waals surface area contributed by atoms with Crippen molar-refractivity contribution in [3.05, 3.63) is 16.3 Å². The number of nitrogens with one attached hydrogen (secondary N) is 1. The summed E-state index contributed by atoms with van der Waals surface area (Å²) < 4.78 is 31.8. The van der Waals surface area contributed by atoms with E-state index in [1.165, 1.54) is 17.4 Å². The number of aliphatic hydroxyl groups is 1. The second-order valence-electron chi connectivity index (χ2n) is 4.59. The highest BCUT2D eigenvalue weighted by atomic mass is 32.2. The molecule has 7 heteroatoms. The van der Waals surface area contributed by atoms with Gasteiger partial charge in [0.1, 0.15) is 0 Å². The van der Waals surface area contributed by atoms with E-state index in [9.17, 15) is 8.42 Å². The van der Waals surface area contributed by atoms with Gasteiger partial charge in [-0.15, -0.1) is 11.3 Å². The molecule has 5 nitrogen and oxygen atoms in total. The zero-order valence-corrected chi connectivity index (χ0v) is 12.9. The lowest BCUT2D eigenvalue weighted by Gasteiger charge is -2.08. The van der Waals surface area contributed by atoms with Gasteiger partial charge in [0.05, 0.1) is 11.5 Å². The summed E-state index contributed by atoms with van der Waals surface area (Å²) in [6.45, 7) is 5.43. The summed E-state index contributed by atoms with van der Waals surface area (Å²) in [6.07, 6.45) is 0.630. The van der Waals surface area contributed by atoms with Crippen LogP contribution in [-0.4, -0.2) is 33.3 Å². The van der Waals surface area contributed by atoms with E-state index in [0.29, 0.717) is 37.0 Å². The first-order valence-electron chi connectivity index (χ1n) is 6.22. The van der Waals surface area contributed by atoms with Gasteiger partial charge < -0.3 is 9.84 Å². The Hall–Kier alpha value is -0.470. The van der Waals surface area contributed by atoms with E-state index in [1.807, 2.05) is 0 Å². The van der Waals surface area contributed by atoms with Gasteiger partial charge in [-0.2, -0.15) is 0 Å². The lowest BCUT2D eigenvalue weighted by Crippen LogP contribution is -2.26. The summed E-state index contributed by atoms with van der Waals surface area (Å²) in [6, 6.07) is 1.51. The maximum atomic E-state index is 12.0. The molecule has 0 amide bonds. The molecular weight excluding hydrogens is 286 g/mol. The van der Waals surface area contributed by atoms with Gasteiger partial charge in [0, 0.05) is 24.6 Å². The molecule has 0 aromatic carbocycles. The minimum atomic E-state index is -3.52. The number of sulfonamides is 1. The van der Waals surface area contributed by atoms with Gasteiger partial charge in [0.2, 0.25) is 10.0 Å². The SMILES string of the molecule is CC(C)COCCCNS(=O)(=O)c1ccsc1CO. The summed E-state index contributed by atoms with van der Waals surface area (Å²) >= 11 is 1.23. The molecular formula is C12H21NO4S2. The molecule has 1 rings (SSSR count). The zero-order valence-electron chi connectivity index (χ0n) is 11.3. The first-order valence-corrected chi connectivity index (χ1v) is 8.58. The predicted molar refractivity (Wildman–Crippen MR) is 75.7 cm³/mol. The Balaban J connectivity index is 2.36. The van der Waals surface area contributed by atoms with Crippen LogP contribution in [0, 0.1) is 5.92 Å². The molecule has 19 heavy (non-hydrogen) atoms. The van der Waals surface area contributed by atoms with Crippen LogP contribution in [0.1, 0.15) is 25.1 Å². The molecule has 0 radical (unpaired) electrons. The number of rotatable bonds is 9. The summed E-state index contributed by atoms with van der Waals surface area (Å²) in [5, 5.41) is 10.7. The summed E-state index contributed by atoms with van der Waals surface area (Å²) in [7, 11) is -3.52. The molecule has 1 aromatic rings. The smallest absolute Gasteiger partial charge is 0.241 e. The van der Waals surface area contributed by atoms with E-state index in [-0.39, 0.29) is 11.5 Å². The molecule has 110 valence electrons. The summed E-state index contributed by atoms with van der Waals surface area (Å²) in [5.74, 6) is 0.481. The van der Waals surface area contributed by atoms with Gasteiger partial charge in [-0.3, -0.25) is 0 Å². The largest absolute Gasteiger partial charge is 0.391 e. The molecule has 0 bridgehead atoms. The van der Waals surface area contributed by atoms with Gasteiger partial charge in [-0.25, -0.2) is 13.1 Å². The van der Waals surface area contributed by atoms with Gasteiger partial charge in [0.15, 0.2) is 0 Å². The molecule has 0 saturated heterocycles. The Morgan fingerprint density at radius 1 is 1.47 bits per heavy atom. The van der Waals surface area contributed by atoms with Crippen molar-refractivity contribution in [3.63, 3.8) is 0 Å². The van der Waals surface area contributed by atoms with E-state index in [2.05, 4.69) is 18.6 Å². The Kier molecular flexibility index (Phi) is 6.95. The lowest BCUT2D eigenvalue weighted by atomic mass is 10.2. The quantitative estimate of drug-likeness (QED) is 0.679. The molecule has 2 N–H and O–H groups in total. The molecule has 0 atom stereocenters. The molecule has 0 unspecified atom stereocenters. The fraction of sp³-hybridized carbons (Fsp3) is 0.667. The van der Waals surface area contributed by atoms with Crippen molar-refractivity contribution < 1.29 is 18.3 Å². The maximum Gasteiger partial charge on any atom is 0.241 e. The zero-order chi connectivity index (χ0) is 14.3. The van der Waals surface area contributed by atoms with E-state index in [0.717, 1.165) is 0 Å². The number of thiophene rings is 1. The topological polar surface area (TPSA) is 75.6 Å². The predicted octanol–water partition coefficient (Wildman–Crippen LogP) is 1.58. The molecule has 0 fully saturated rings. The minimum absolute atomic E-state index is 0.170. The summed E-state index contributed by atoms with van der Waals surface area (Å²) in [5.41, 5.74) is 0. The number of hydrogen-bond acceptors (Lipinski definition) is 5.